The average molecular weight is 221 g/mol. The number of likely N-dealkylation sites (tertiary alicyclic amines) is 1. The number of hydrogen-bond acceptors (Lipinski definition) is 2. The molecule has 4 nitrogen and oxygen atoms in total. The second-order valence-electron chi connectivity index (χ2n) is 4.67. The number of amides is 1. The summed E-state index contributed by atoms with van der Waals surface area (Å²) < 4.78 is 0. The summed E-state index contributed by atoms with van der Waals surface area (Å²) >= 11 is 0. The summed E-state index contributed by atoms with van der Waals surface area (Å²) in [4.78, 5) is 13.9. The van der Waals surface area contributed by atoms with Crippen molar-refractivity contribution in [1.29, 1.82) is 0 Å². The summed E-state index contributed by atoms with van der Waals surface area (Å²) in [5, 5.41) is 6.76. The molecule has 1 saturated heterocycles. The number of nitrogens with zero attached hydrogens (tertiary/aromatic N) is 2. The van der Waals surface area contributed by atoms with E-state index in [1.54, 1.807) is 6.20 Å². The van der Waals surface area contributed by atoms with E-state index in [0.29, 0.717) is 12.3 Å². The third-order valence-electron chi connectivity index (χ3n) is 3.18. The van der Waals surface area contributed by atoms with Gasteiger partial charge in [-0.2, -0.15) is 5.10 Å². The van der Waals surface area contributed by atoms with E-state index in [0.717, 1.165) is 31.6 Å². The predicted octanol–water partition coefficient (Wildman–Crippen LogP) is 1.60. The molecule has 1 fully saturated rings. The smallest absolute Gasteiger partial charge is 0.222 e. The summed E-state index contributed by atoms with van der Waals surface area (Å²) in [7, 11) is 0. The number of H-pyrrole nitrogens is 1. The Labute approximate surface area is 96.0 Å². The molecule has 4 heteroatoms. The highest BCUT2D eigenvalue weighted by Crippen LogP contribution is 2.16. The topological polar surface area (TPSA) is 49.0 Å². The van der Waals surface area contributed by atoms with E-state index in [-0.39, 0.29) is 5.91 Å². The van der Waals surface area contributed by atoms with Crippen molar-refractivity contribution in [2.75, 3.05) is 13.1 Å². The molecule has 0 aliphatic carbocycles. The first-order valence-corrected chi connectivity index (χ1v) is 6.01. The highest BCUT2D eigenvalue weighted by molar-refractivity contribution is 5.76. The van der Waals surface area contributed by atoms with Crippen LogP contribution in [0.2, 0.25) is 0 Å². The van der Waals surface area contributed by atoms with E-state index >= 15 is 0 Å². The largest absolute Gasteiger partial charge is 0.342 e. The van der Waals surface area contributed by atoms with Crippen LogP contribution in [-0.2, 0) is 11.2 Å². The highest BCUT2D eigenvalue weighted by atomic mass is 16.2. The number of aryl methyl sites for hydroxylation is 1. The van der Waals surface area contributed by atoms with Crippen molar-refractivity contribution in [3.05, 3.63) is 18.0 Å². The average Bonchev–Trinajstić information content (AvgIpc) is 2.78. The minimum absolute atomic E-state index is 0.279. The molecule has 16 heavy (non-hydrogen) atoms. The van der Waals surface area contributed by atoms with Crippen LogP contribution < -0.4 is 0 Å². The summed E-state index contributed by atoms with van der Waals surface area (Å²) in [5.41, 5.74) is 1.04. The second-order valence-corrected chi connectivity index (χ2v) is 4.67. The number of piperidine rings is 1. The normalized spacial score (nSPS) is 21.1. The van der Waals surface area contributed by atoms with Gasteiger partial charge in [0, 0.05) is 31.4 Å². The molecule has 1 aliphatic rings. The van der Waals surface area contributed by atoms with Crippen molar-refractivity contribution in [2.45, 2.75) is 32.6 Å². The SMILES string of the molecule is CC1CCCN(C(=O)CCc2ccn[nH]2)C1. The van der Waals surface area contributed by atoms with E-state index in [1.165, 1.54) is 6.42 Å². The molecule has 1 aromatic heterocycles. The summed E-state index contributed by atoms with van der Waals surface area (Å²) in [5.74, 6) is 0.936. The third kappa shape index (κ3) is 2.84. The molecule has 0 saturated carbocycles. The van der Waals surface area contributed by atoms with Crippen LogP contribution in [0.4, 0.5) is 0 Å². The summed E-state index contributed by atoms with van der Waals surface area (Å²) in [6.07, 6.45) is 5.49. The number of carbonyl (C=O) groups excluding carboxylic acids is 1. The van der Waals surface area contributed by atoms with E-state index in [9.17, 15) is 4.79 Å². The lowest BCUT2D eigenvalue weighted by molar-refractivity contribution is -0.132. The fraction of sp³-hybridized carbons (Fsp3) is 0.667. The van der Waals surface area contributed by atoms with Gasteiger partial charge in [-0.05, 0) is 31.2 Å². The molecule has 0 bridgehead atoms. The van der Waals surface area contributed by atoms with Gasteiger partial charge in [0.15, 0.2) is 0 Å². The van der Waals surface area contributed by atoms with Crippen LogP contribution >= 0.6 is 0 Å². The zero-order chi connectivity index (χ0) is 11.4. The molecule has 0 spiro atoms. The van der Waals surface area contributed by atoms with Crippen LogP contribution in [0.1, 0.15) is 31.9 Å². The Morgan fingerprint density at radius 3 is 3.25 bits per heavy atom. The van der Waals surface area contributed by atoms with Crippen LogP contribution in [-0.4, -0.2) is 34.1 Å². The van der Waals surface area contributed by atoms with Crippen LogP contribution in [0.3, 0.4) is 0 Å². The quantitative estimate of drug-likeness (QED) is 0.842. The fourth-order valence-corrected chi connectivity index (χ4v) is 2.24. The molecule has 0 radical (unpaired) electrons. The third-order valence-corrected chi connectivity index (χ3v) is 3.18. The Morgan fingerprint density at radius 2 is 2.56 bits per heavy atom. The lowest BCUT2D eigenvalue weighted by atomic mass is 10.00. The van der Waals surface area contributed by atoms with Gasteiger partial charge in [-0.1, -0.05) is 6.92 Å². The van der Waals surface area contributed by atoms with Gasteiger partial charge in [-0.25, -0.2) is 0 Å². The number of rotatable bonds is 3. The second kappa shape index (κ2) is 5.14. The van der Waals surface area contributed by atoms with Gasteiger partial charge >= 0.3 is 0 Å². The van der Waals surface area contributed by atoms with Gasteiger partial charge < -0.3 is 4.90 Å². The van der Waals surface area contributed by atoms with Gasteiger partial charge in [0.1, 0.15) is 0 Å². The molecule has 2 heterocycles. The van der Waals surface area contributed by atoms with E-state index in [1.807, 2.05) is 11.0 Å². The van der Waals surface area contributed by atoms with Crippen molar-refractivity contribution in [1.82, 2.24) is 15.1 Å². The predicted molar refractivity (Wildman–Crippen MR) is 61.9 cm³/mol. The van der Waals surface area contributed by atoms with Crippen LogP contribution in [0.5, 0.6) is 0 Å². The van der Waals surface area contributed by atoms with E-state index < -0.39 is 0 Å². The van der Waals surface area contributed by atoms with Crippen molar-refractivity contribution in [3.63, 3.8) is 0 Å². The molecule has 1 amide bonds. The maximum atomic E-state index is 11.9. The Balaban J connectivity index is 1.79. The Kier molecular flexibility index (Phi) is 3.59. The van der Waals surface area contributed by atoms with Gasteiger partial charge in [0.25, 0.3) is 0 Å². The van der Waals surface area contributed by atoms with Crippen LogP contribution in [0, 0.1) is 5.92 Å². The van der Waals surface area contributed by atoms with Crippen LogP contribution in [0.15, 0.2) is 12.3 Å². The maximum Gasteiger partial charge on any atom is 0.222 e. The number of carbonyl (C=O) groups is 1. The monoisotopic (exact) mass is 221 g/mol. The van der Waals surface area contributed by atoms with Crippen molar-refractivity contribution >= 4 is 5.91 Å². The zero-order valence-corrected chi connectivity index (χ0v) is 9.78. The van der Waals surface area contributed by atoms with E-state index in [4.69, 9.17) is 0 Å². The standard InChI is InChI=1S/C12H19N3O/c1-10-3-2-8-15(9-10)12(16)5-4-11-6-7-13-14-11/h6-7,10H,2-5,8-9H2,1H3,(H,13,14). The Morgan fingerprint density at radius 1 is 1.69 bits per heavy atom. The minimum Gasteiger partial charge on any atom is -0.342 e. The van der Waals surface area contributed by atoms with Crippen LogP contribution in [0.25, 0.3) is 0 Å². The molecule has 1 aliphatic heterocycles. The summed E-state index contributed by atoms with van der Waals surface area (Å²) in [6.45, 7) is 4.09. The molecule has 2 rings (SSSR count). The van der Waals surface area contributed by atoms with Crippen molar-refractivity contribution in [2.24, 2.45) is 5.92 Å². The first kappa shape index (κ1) is 11.2. The molecule has 88 valence electrons. The number of aromatic nitrogens is 2. The van der Waals surface area contributed by atoms with Gasteiger partial charge in [0.2, 0.25) is 5.91 Å². The number of hydrogen-bond donors (Lipinski definition) is 1. The first-order chi connectivity index (χ1) is 7.75. The Bertz CT molecular complexity index is 334. The van der Waals surface area contributed by atoms with Crippen molar-refractivity contribution < 1.29 is 4.79 Å². The fourth-order valence-electron chi connectivity index (χ4n) is 2.24. The van der Waals surface area contributed by atoms with Gasteiger partial charge in [0.05, 0.1) is 0 Å². The lowest BCUT2D eigenvalue weighted by Gasteiger charge is -2.31. The lowest BCUT2D eigenvalue weighted by Crippen LogP contribution is -2.39. The molecule has 1 unspecified atom stereocenters. The Hall–Kier alpha value is -1.32. The van der Waals surface area contributed by atoms with Crippen molar-refractivity contribution in [3.8, 4) is 0 Å². The van der Waals surface area contributed by atoms with Gasteiger partial charge in [-0.15, -0.1) is 0 Å². The molecular weight excluding hydrogens is 202 g/mol. The molecular formula is C12H19N3O. The maximum absolute atomic E-state index is 11.9. The zero-order valence-electron chi connectivity index (χ0n) is 9.78. The number of nitrogens with one attached hydrogen (secondary N) is 1. The molecule has 1 atom stereocenters. The van der Waals surface area contributed by atoms with E-state index in [2.05, 4.69) is 17.1 Å². The molecule has 1 aromatic rings. The molecule has 1 N–H and O–H groups in total. The summed E-state index contributed by atoms with van der Waals surface area (Å²) in [6, 6.07) is 1.92. The first-order valence-electron chi connectivity index (χ1n) is 6.01. The minimum atomic E-state index is 0.279. The molecule has 0 aromatic carbocycles. The number of aromatic amines is 1. The highest BCUT2D eigenvalue weighted by Gasteiger charge is 2.20. The van der Waals surface area contributed by atoms with Gasteiger partial charge in [-0.3, -0.25) is 9.89 Å².